The first-order valence-electron chi connectivity index (χ1n) is 6.28. The summed E-state index contributed by atoms with van der Waals surface area (Å²) >= 11 is 1.90. The molecule has 0 saturated carbocycles. The maximum atomic E-state index is 3.61. The van der Waals surface area contributed by atoms with E-state index in [1.807, 2.05) is 11.3 Å². The molecule has 1 unspecified atom stereocenters. The van der Waals surface area contributed by atoms with Crippen molar-refractivity contribution in [1.82, 2.24) is 10.2 Å². The van der Waals surface area contributed by atoms with Gasteiger partial charge in [-0.3, -0.25) is 4.90 Å². The fourth-order valence-electron chi connectivity index (χ4n) is 2.35. The Morgan fingerprint density at radius 3 is 3.12 bits per heavy atom. The zero-order valence-corrected chi connectivity index (χ0v) is 11.1. The summed E-state index contributed by atoms with van der Waals surface area (Å²) in [5.41, 5.74) is 1.45. The van der Waals surface area contributed by atoms with Gasteiger partial charge in [-0.25, -0.2) is 0 Å². The SMILES string of the molecule is CCCC1CN(Cc2sccc2C)CCN1. The van der Waals surface area contributed by atoms with Crippen LogP contribution in [0.15, 0.2) is 11.4 Å². The Labute approximate surface area is 103 Å². The molecule has 1 aromatic rings. The second-order valence-corrected chi connectivity index (χ2v) is 5.70. The molecule has 0 aliphatic carbocycles. The van der Waals surface area contributed by atoms with Gasteiger partial charge in [0.1, 0.15) is 0 Å². The highest BCUT2D eigenvalue weighted by Gasteiger charge is 2.19. The van der Waals surface area contributed by atoms with E-state index in [2.05, 4.69) is 35.5 Å². The van der Waals surface area contributed by atoms with Gasteiger partial charge >= 0.3 is 0 Å². The molecule has 90 valence electrons. The van der Waals surface area contributed by atoms with Crippen LogP contribution in [0.1, 0.15) is 30.2 Å². The predicted molar refractivity (Wildman–Crippen MR) is 71.0 cm³/mol. The average molecular weight is 238 g/mol. The third-order valence-electron chi connectivity index (χ3n) is 3.31. The number of rotatable bonds is 4. The third kappa shape index (κ3) is 3.06. The van der Waals surface area contributed by atoms with Crippen LogP contribution in [-0.4, -0.2) is 30.6 Å². The molecule has 1 N–H and O–H groups in total. The molecule has 0 bridgehead atoms. The van der Waals surface area contributed by atoms with Crippen LogP contribution in [0.4, 0.5) is 0 Å². The minimum atomic E-state index is 0.707. The predicted octanol–water partition coefficient (Wildman–Crippen LogP) is 2.63. The first kappa shape index (κ1) is 12.1. The highest BCUT2D eigenvalue weighted by atomic mass is 32.1. The molecule has 0 amide bonds. The molecule has 1 aliphatic rings. The molecule has 3 heteroatoms. The van der Waals surface area contributed by atoms with Crippen LogP contribution >= 0.6 is 11.3 Å². The molecule has 1 aromatic heterocycles. The summed E-state index contributed by atoms with van der Waals surface area (Å²) in [4.78, 5) is 4.13. The van der Waals surface area contributed by atoms with Gasteiger partial charge in [0.25, 0.3) is 0 Å². The van der Waals surface area contributed by atoms with Gasteiger partial charge in [-0.1, -0.05) is 13.3 Å². The molecule has 1 atom stereocenters. The number of hydrogen-bond acceptors (Lipinski definition) is 3. The molecule has 2 nitrogen and oxygen atoms in total. The molecular formula is C13H22N2S. The minimum Gasteiger partial charge on any atom is -0.311 e. The number of nitrogens with zero attached hydrogens (tertiary/aromatic N) is 1. The lowest BCUT2D eigenvalue weighted by molar-refractivity contribution is 0.188. The Balaban J connectivity index is 1.88. The summed E-state index contributed by atoms with van der Waals surface area (Å²) in [6, 6.07) is 2.94. The highest BCUT2D eigenvalue weighted by Crippen LogP contribution is 2.18. The second kappa shape index (κ2) is 5.80. The maximum absolute atomic E-state index is 3.61. The first-order valence-corrected chi connectivity index (χ1v) is 7.16. The number of aryl methyl sites for hydroxylation is 1. The Morgan fingerprint density at radius 2 is 2.44 bits per heavy atom. The monoisotopic (exact) mass is 238 g/mol. The summed E-state index contributed by atoms with van der Waals surface area (Å²) < 4.78 is 0. The molecule has 0 aromatic carbocycles. The van der Waals surface area contributed by atoms with Gasteiger partial charge in [0, 0.05) is 37.1 Å². The van der Waals surface area contributed by atoms with E-state index >= 15 is 0 Å². The summed E-state index contributed by atoms with van der Waals surface area (Å²) in [7, 11) is 0. The van der Waals surface area contributed by atoms with E-state index < -0.39 is 0 Å². The van der Waals surface area contributed by atoms with Gasteiger partial charge in [0.05, 0.1) is 0 Å². The van der Waals surface area contributed by atoms with Crippen molar-refractivity contribution in [3.05, 3.63) is 21.9 Å². The molecule has 1 aliphatic heterocycles. The van der Waals surface area contributed by atoms with Gasteiger partial charge in [-0.2, -0.15) is 0 Å². The standard InChI is InChI=1S/C13H22N2S/c1-3-4-12-9-15(7-6-14-12)10-13-11(2)5-8-16-13/h5,8,12,14H,3-4,6-7,9-10H2,1-2H3. The van der Waals surface area contributed by atoms with Gasteiger partial charge < -0.3 is 5.32 Å². The van der Waals surface area contributed by atoms with Crippen LogP contribution in [0.3, 0.4) is 0 Å². The number of thiophene rings is 1. The molecule has 1 saturated heterocycles. The Morgan fingerprint density at radius 1 is 1.56 bits per heavy atom. The quantitative estimate of drug-likeness (QED) is 0.867. The Kier molecular flexibility index (Phi) is 4.38. The smallest absolute Gasteiger partial charge is 0.0331 e. The van der Waals surface area contributed by atoms with Crippen molar-refractivity contribution in [3.8, 4) is 0 Å². The van der Waals surface area contributed by atoms with Crippen molar-refractivity contribution >= 4 is 11.3 Å². The van der Waals surface area contributed by atoms with Crippen LogP contribution in [0.2, 0.25) is 0 Å². The van der Waals surface area contributed by atoms with Crippen LogP contribution < -0.4 is 5.32 Å². The van der Waals surface area contributed by atoms with E-state index in [9.17, 15) is 0 Å². The van der Waals surface area contributed by atoms with E-state index in [0.717, 1.165) is 13.1 Å². The maximum Gasteiger partial charge on any atom is 0.0331 e. The highest BCUT2D eigenvalue weighted by molar-refractivity contribution is 7.10. The van der Waals surface area contributed by atoms with Crippen molar-refractivity contribution in [2.75, 3.05) is 19.6 Å². The summed E-state index contributed by atoms with van der Waals surface area (Å²) in [5, 5.41) is 5.81. The van der Waals surface area contributed by atoms with E-state index in [1.165, 1.54) is 36.4 Å². The topological polar surface area (TPSA) is 15.3 Å². The van der Waals surface area contributed by atoms with Crippen LogP contribution in [-0.2, 0) is 6.54 Å². The molecule has 2 heterocycles. The number of hydrogen-bond donors (Lipinski definition) is 1. The van der Waals surface area contributed by atoms with Crippen LogP contribution in [0, 0.1) is 6.92 Å². The van der Waals surface area contributed by atoms with Crippen molar-refractivity contribution < 1.29 is 0 Å². The van der Waals surface area contributed by atoms with E-state index in [1.54, 1.807) is 0 Å². The molecule has 1 fully saturated rings. The number of nitrogens with one attached hydrogen (secondary N) is 1. The van der Waals surface area contributed by atoms with Crippen LogP contribution in [0.5, 0.6) is 0 Å². The first-order chi connectivity index (χ1) is 7.79. The summed E-state index contributed by atoms with van der Waals surface area (Å²) in [6.07, 6.45) is 2.59. The lowest BCUT2D eigenvalue weighted by atomic mass is 10.1. The van der Waals surface area contributed by atoms with Gasteiger partial charge in [-0.15, -0.1) is 11.3 Å². The normalized spacial score (nSPS) is 22.5. The Hall–Kier alpha value is -0.380. The van der Waals surface area contributed by atoms with Gasteiger partial charge in [-0.05, 0) is 30.4 Å². The van der Waals surface area contributed by atoms with Crippen molar-refractivity contribution in [2.24, 2.45) is 0 Å². The van der Waals surface area contributed by atoms with E-state index in [-0.39, 0.29) is 0 Å². The Bertz CT molecular complexity index is 319. The third-order valence-corrected chi connectivity index (χ3v) is 4.32. The molecule has 16 heavy (non-hydrogen) atoms. The zero-order valence-electron chi connectivity index (χ0n) is 10.3. The van der Waals surface area contributed by atoms with Crippen molar-refractivity contribution in [2.45, 2.75) is 39.3 Å². The zero-order chi connectivity index (χ0) is 11.4. The second-order valence-electron chi connectivity index (χ2n) is 4.70. The molecule has 2 rings (SSSR count). The largest absolute Gasteiger partial charge is 0.311 e. The fourth-order valence-corrected chi connectivity index (χ4v) is 3.30. The fraction of sp³-hybridized carbons (Fsp3) is 0.692. The van der Waals surface area contributed by atoms with Crippen LogP contribution in [0.25, 0.3) is 0 Å². The van der Waals surface area contributed by atoms with Gasteiger partial charge in [0.2, 0.25) is 0 Å². The van der Waals surface area contributed by atoms with E-state index in [0.29, 0.717) is 6.04 Å². The molecule has 0 spiro atoms. The van der Waals surface area contributed by atoms with Gasteiger partial charge in [0.15, 0.2) is 0 Å². The average Bonchev–Trinajstić information content (AvgIpc) is 2.66. The van der Waals surface area contributed by atoms with Crippen molar-refractivity contribution in [3.63, 3.8) is 0 Å². The lowest BCUT2D eigenvalue weighted by Gasteiger charge is -2.33. The number of piperazine rings is 1. The molecule has 0 radical (unpaired) electrons. The van der Waals surface area contributed by atoms with Crippen molar-refractivity contribution in [1.29, 1.82) is 0 Å². The summed E-state index contributed by atoms with van der Waals surface area (Å²) in [5.74, 6) is 0. The minimum absolute atomic E-state index is 0.707. The lowest BCUT2D eigenvalue weighted by Crippen LogP contribution is -2.50. The molecular weight excluding hydrogens is 216 g/mol. The van der Waals surface area contributed by atoms with E-state index in [4.69, 9.17) is 0 Å². The summed E-state index contributed by atoms with van der Waals surface area (Å²) in [6.45, 7) is 9.19.